The number of allylic oxidation sites excluding steroid dienone is 1. The molecule has 0 radical (unpaired) electrons. The minimum atomic E-state index is -0.342. The maximum atomic E-state index is 13.0. The van der Waals surface area contributed by atoms with Crippen LogP contribution in [0.4, 0.5) is 0 Å². The maximum Gasteiger partial charge on any atom is 0.216 e. The summed E-state index contributed by atoms with van der Waals surface area (Å²) in [5, 5.41) is 12.4. The largest absolute Gasteiger partial charge is 0.356 e. The molecule has 0 aliphatic rings. The molecule has 6 nitrogen and oxygen atoms in total. The van der Waals surface area contributed by atoms with Crippen molar-refractivity contribution in [2.75, 3.05) is 6.54 Å². The Hall–Kier alpha value is -2.90. The van der Waals surface area contributed by atoms with Gasteiger partial charge in [0.15, 0.2) is 16.8 Å². The van der Waals surface area contributed by atoms with Gasteiger partial charge in [-0.1, -0.05) is 53.7 Å². The first kappa shape index (κ1) is 23.8. The van der Waals surface area contributed by atoms with E-state index in [1.54, 1.807) is 6.08 Å². The summed E-state index contributed by atoms with van der Waals surface area (Å²) in [5.41, 5.74) is 2.60. The van der Waals surface area contributed by atoms with Crippen molar-refractivity contribution in [2.24, 2.45) is 0 Å². The Morgan fingerprint density at radius 3 is 2.47 bits per heavy atom. The quantitative estimate of drug-likeness (QED) is 0.262. The number of nitrogens with one attached hydrogen (secondary N) is 1. The molecule has 0 saturated carbocycles. The smallest absolute Gasteiger partial charge is 0.216 e. The molecule has 0 aliphatic carbocycles. The first-order valence-electron chi connectivity index (χ1n) is 10.2. The van der Waals surface area contributed by atoms with E-state index in [1.807, 2.05) is 60.0 Å². The zero-order valence-corrected chi connectivity index (χ0v) is 19.6. The summed E-state index contributed by atoms with van der Waals surface area (Å²) in [6.07, 6.45) is 2.50. The van der Waals surface area contributed by atoms with Gasteiger partial charge in [0.1, 0.15) is 0 Å². The third-order valence-corrected chi connectivity index (χ3v) is 6.14. The van der Waals surface area contributed by atoms with Crippen molar-refractivity contribution in [3.05, 3.63) is 77.3 Å². The van der Waals surface area contributed by atoms with Gasteiger partial charge in [0.25, 0.3) is 0 Å². The maximum absolute atomic E-state index is 13.0. The summed E-state index contributed by atoms with van der Waals surface area (Å²) < 4.78 is 1.94. The van der Waals surface area contributed by atoms with Gasteiger partial charge < -0.3 is 5.32 Å². The molecule has 1 unspecified atom stereocenters. The second-order valence-corrected chi connectivity index (χ2v) is 9.01. The second-order valence-electron chi connectivity index (χ2n) is 7.27. The van der Waals surface area contributed by atoms with Gasteiger partial charge in [-0.3, -0.25) is 14.2 Å². The number of carbonyl (C=O) groups excluding carboxylic acids is 2. The van der Waals surface area contributed by atoms with E-state index in [1.165, 1.54) is 18.7 Å². The van der Waals surface area contributed by atoms with Crippen LogP contribution in [0.15, 0.2) is 66.3 Å². The van der Waals surface area contributed by atoms with Gasteiger partial charge in [-0.05, 0) is 43.2 Å². The average Bonchev–Trinajstić information content (AvgIpc) is 3.16. The number of ketones is 1. The number of amides is 1. The van der Waals surface area contributed by atoms with Gasteiger partial charge in [0, 0.05) is 36.2 Å². The lowest BCUT2D eigenvalue weighted by Crippen LogP contribution is -2.22. The van der Waals surface area contributed by atoms with Crippen LogP contribution in [0.2, 0.25) is 5.02 Å². The topological polar surface area (TPSA) is 76.9 Å². The average molecular weight is 469 g/mol. The highest BCUT2D eigenvalue weighted by molar-refractivity contribution is 8.00. The molecule has 0 bridgehead atoms. The van der Waals surface area contributed by atoms with E-state index in [-0.39, 0.29) is 16.9 Å². The Kier molecular flexibility index (Phi) is 8.25. The number of carbonyl (C=O) groups is 2. The number of Topliss-reactive ketones (excluding diaryl/α,β-unsaturated/α-hetero) is 1. The summed E-state index contributed by atoms with van der Waals surface area (Å²) >= 11 is 7.37. The van der Waals surface area contributed by atoms with Crippen LogP contribution in [0.5, 0.6) is 0 Å². The molecule has 3 rings (SSSR count). The molecule has 0 aliphatic heterocycles. The molecular weight excluding hydrogens is 444 g/mol. The zero-order valence-electron chi connectivity index (χ0n) is 18.0. The van der Waals surface area contributed by atoms with Crippen molar-refractivity contribution >= 4 is 35.1 Å². The molecular formula is C24H25ClN4O2S. The third kappa shape index (κ3) is 6.08. The van der Waals surface area contributed by atoms with Crippen molar-refractivity contribution < 1.29 is 9.59 Å². The number of hydrogen-bond acceptors (Lipinski definition) is 5. The van der Waals surface area contributed by atoms with Gasteiger partial charge >= 0.3 is 0 Å². The lowest BCUT2D eigenvalue weighted by Gasteiger charge is -2.12. The van der Waals surface area contributed by atoms with Crippen LogP contribution in [-0.2, 0) is 17.8 Å². The molecule has 32 heavy (non-hydrogen) atoms. The molecule has 1 N–H and O–H groups in total. The third-order valence-electron chi connectivity index (χ3n) is 4.81. The lowest BCUT2D eigenvalue weighted by atomic mass is 10.0. The first-order chi connectivity index (χ1) is 15.4. The molecule has 0 spiro atoms. The first-order valence-corrected chi connectivity index (χ1v) is 11.5. The monoisotopic (exact) mass is 468 g/mol. The lowest BCUT2D eigenvalue weighted by molar-refractivity contribution is -0.118. The van der Waals surface area contributed by atoms with Crippen molar-refractivity contribution in [1.82, 2.24) is 20.1 Å². The Morgan fingerprint density at radius 1 is 1.16 bits per heavy atom. The molecule has 2 aromatic carbocycles. The predicted octanol–water partition coefficient (Wildman–Crippen LogP) is 4.83. The SMILES string of the molecule is C=CCn1c(SC(C)C(=O)c2ccc(CCNC(C)=O)cc2)nnc1-c1ccc(Cl)cc1. The van der Waals surface area contributed by atoms with Crippen molar-refractivity contribution in [1.29, 1.82) is 0 Å². The van der Waals surface area contributed by atoms with E-state index in [0.29, 0.717) is 34.7 Å². The zero-order chi connectivity index (χ0) is 23.1. The van der Waals surface area contributed by atoms with Gasteiger partial charge in [0.05, 0.1) is 5.25 Å². The van der Waals surface area contributed by atoms with Crippen LogP contribution in [0.25, 0.3) is 11.4 Å². The van der Waals surface area contributed by atoms with Crippen LogP contribution >= 0.6 is 23.4 Å². The number of halogens is 1. The Bertz CT molecular complexity index is 1090. The number of thioether (sulfide) groups is 1. The molecule has 0 fully saturated rings. The van der Waals surface area contributed by atoms with E-state index in [9.17, 15) is 9.59 Å². The normalized spacial score (nSPS) is 11.7. The highest BCUT2D eigenvalue weighted by atomic mass is 35.5. The highest BCUT2D eigenvalue weighted by Crippen LogP contribution is 2.29. The van der Waals surface area contributed by atoms with Crippen LogP contribution in [-0.4, -0.2) is 38.2 Å². The van der Waals surface area contributed by atoms with E-state index >= 15 is 0 Å². The van der Waals surface area contributed by atoms with Crippen molar-refractivity contribution in [3.8, 4) is 11.4 Å². The fourth-order valence-corrected chi connectivity index (χ4v) is 4.21. The van der Waals surface area contributed by atoms with E-state index < -0.39 is 0 Å². The fourth-order valence-electron chi connectivity index (χ4n) is 3.15. The molecule has 1 heterocycles. The molecule has 166 valence electrons. The molecule has 3 aromatic rings. The minimum Gasteiger partial charge on any atom is -0.356 e. The second kappa shape index (κ2) is 11.1. The van der Waals surface area contributed by atoms with E-state index in [0.717, 1.165) is 17.5 Å². The summed E-state index contributed by atoms with van der Waals surface area (Å²) in [7, 11) is 0. The van der Waals surface area contributed by atoms with Crippen molar-refractivity contribution in [3.63, 3.8) is 0 Å². The number of aromatic nitrogens is 3. The summed E-state index contributed by atoms with van der Waals surface area (Å²) in [4.78, 5) is 24.0. The summed E-state index contributed by atoms with van der Waals surface area (Å²) in [6.45, 7) is 8.29. The van der Waals surface area contributed by atoms with Crippen molar-refractivity contribution in [2.45, 2.75) is 37.2 Å². The van der Waals surface area contributed by atoms with E-state index in [2.05, 4.69) is 22.1 Å². The van der Waals surface area contributed by atoms with Crippen LogP contribution in [0.3, 0.4) is 0 Å². The van der Waals surface area contributed by atoms with Crippen LogP contribution in [0, 0.1) is 0 Å². The van der Waals surface area contributed by atoms with Crippen LogP contribution < -0.4 is 5.32 Å². The predicted molar refractivity (Wildman–Crippen MR) is 129 cm³/mol. The fraction of sp³-hybridized carbons (Fsp3) is 0.250. The number of benzene rings is 2. The number of nitrogens with zero attached hydrogens (tertiary/aromatic N) is 3. The molecule has 1 atom stereocenters. The Morgan fingerprint density at radius 2 is 1.84 bits per heavy atom. The molecule has 8 heteroatoms. The van der Waals surface area contributed by atoms with Gasteiger partial charge in [-0.25, -0.2) is 0 Å². The summed E-state index contributed by atoms with van der Waals surface area (Å²) in [6, 6.07) is 14.9. The van der Waals surface area contributed by atoms with Gasteiger partial charge in [-0.15, -0.1) is 16.8 Å². The highest BCUT2D eigenvalue weighted by Gasteiger charge is 2.21. The van der Waals surface area contributed by atoms with Gasteiger partial charge in [-0.2, -0.15) is 0 Å². The summed E-state index contributed by atoms with van der Waals surface area (Å²) in [5.74, 6) is 0.669. The van der Waals surface area contributed by atoms with E-state index in [4.69, 9.17) is 11.6 Å². The minimum absolute atomic E-state index is 0.0182. The van der Waals surface area contributed by atoms with Gasteiger partial charge in [0.2, 0.25) is 5.91 Å². The number of rotatable bonds is 10. The standard InChI is InChI=1S/C24H25ClN4O2S/c1-4-15-29-23(20-9-11-21(25)12-10-20)27-28-24(29)32-16(2)22(31)19-7-5-18(6-8-19)13-14-26-17(3)30/h4-12,16H,1,13-15H2,2-3H3,(H,26,30). The molecule has 0 saturated heterocycles. The van der Waals surface area contributed by atoms with Crippen LogP contribution in [0.1, 0.15) is 29.8 Å². The number of hydrogen-bond donors (Lipinski definition) is 1. The Balaban J connectivity index is 1.71. The molecule has 1 amide bonds. The molecule has 1 aromatic heterocycles. The Labute approximate surface area is 197 Å².